The van der Waals surface area contributed by atoms with Crippen LogP contribution in [0.2, 0.25) is 5.02 Å². The van der Waals surface area contributed by atoms with Gasteiger partial charge in [-0.05, 0) is 47.8 Å². The van der Waals surface area contributed by atoms with Crippen molar-refractivity contribution in [1.29, 1.82) is 0 Å². The smallest absolute Gasteiger partial charge is 0.215 e. The largest absolute Gasteiger partial charge is 0.464 e. The molecule has 3 nitrogen and oxygen atoms in total. The number of hydrazone groups is 1. The molecule has 2 aliphatic rings. The van der Waals surface area contributed by atoms with Crippen LogP contribution in [0.5, 0.6) is 5.75 Å². The standard InChI is InChI=1S/C20H13BrClFN2OS/c21-11-3-6-18-14(8-11)17-10-16(19-2-1-7-27-19)24-25(17)20(26-18)13-9-12(23)4-5-15(13)22/h1-9,17,20H,10H2/t17-,20-/m0/s1. The van der Waals surface area contributed by atoms with Crippen molar-refractivity contribution in [1.82, 2.24) is 5.01 Å². The van der Waals surface area contributed by atoms with Crippen LogP contribution in [0.3, 0.4) is 0 Å². The van der Waals surface area contributed by atoms with Crippen molar-refractivity contribution < 1.29 is 9.13 Å². The van der Waals surface area contributed by atoms with Gasteiger partial charge in [0.15, 0.2) is 0 Å². The van der Waals surface area contributed by atoms with Crippen LogP contribution in [0.15, 0.2) is 63.5 Å². The first kappa shape index (κ1) is 17.2. The highest BCUT2D eigenvalue weighted by molar-refractivity contribution is 9.10. The lowest BCUT2D eigenvalue weighted by Gasteiger charge is -2.38. The summed E-state index contributed by atoms with van der Waals surface area (Å²) >= 11 is 11.6. The molecule has 3 aromatic rings. The highest BCUT2D eigenvalue weighted by Crippen LogP contribution is 2.49. The van der Waals surface area contributed by atoms with Crippen molar-refractivity contribution in [2.75, 3.05) is 0 Å². The number of nitrogens with zero attached hydrogens (tertiary/aromatic N) is 2. The molecule has 2 aromatic carbocycles. The fourth-order valence-electron chi connectivity index (χ4n) is 3.56. The van der Waals surface area contributed by atoms with Crippen molar-refractivity contribution in [3.8, 4) is 5.75 Å². The van der Waals surface area contributed by atoms with Gasteiger partial charge >= 0.3 is 0 Å². The number of thiophene rings is 1. The predicted octanol–water partition coefficient (Wildman–Crippen LogP) is 6.55. The van der Waals surface area contributed by atoms with Gasteiger partial charge in [-0.25, -0.2) is 9.40 Å². The molecule has 2 atom stereocenters. The Kier molecular flexibility index (Phi) is 4.22. The van der Waals surface area contributed by atoms with Gasteiger partial charge in [-0.2, -0.15) is 5.10 Å². The first-order valence-electron chi connectivity index (χ1n) is 8.41. The summed E-state index contributed by atoms with van der Waals surface area (Å²) in [5, 5.41) is 9.25. The molecule has 0 N–H and O–H groups in total. The van der Waals surface area contributed by atoms with E-state index in [1.165, 1.54) is 12.1 Å². The average Bonchev–Trinajstić information content (AvgIpc) is 3.32. The summed E-state index contributed by atoms with van der Waals surface area (Å²) in [4.78, 5) is 1.13. The van der Waals surface area contributed by atoms with Gasteiger partial charge in [0.05, 0.1) is 16.6 Å². The minimum Gasteiger partial charge on any atom is -0.464 e. The normalized spacial score (nSPS) is 20.7. The highest BCUT2D eigenvalue weighted by atomic mass is 79.9. The van der Waals surface area contributed by atoms with E-state index in [4.69, 9.17) is 21.4 Å². The highest BCUT2D eigenvalue weighted by Gasteiger charge is 2.42. The molecule has 5 rings (SSSR count). The Labute approximate surface area is 173 Å². The van der Waals surface area contributed by atoms with Crippen LogP contribution in [0.1, 0.15) is 34.7 Å². The van der Waals surface area contributed by atoms with E-state index in [9.17, 15) is 4.39 Å². The minimum absolute atomic E-state index is 0.00711. The first-order valence-corrected chi connectivity index (χ1v) is 10.5. The molecular formula is C20H13BrClFN2OS. The number of benzene rings is 2. The van der Waals surface area contributed by atoms with Gasteiger partial charge in [-0.3, -0.25) is 0 Å². The van der Waals surface area contributed by atoms with Crippen LogP contribution < -0.4 is 4.74 Å². The van der Waals surface area contributed by atoms with Crippen molar-refractivity contribution in [3.63, 3.8) is 0 Å². The number of hydrogen-bond acceptors (Lipinski definition) is 4. The topological polar surface area (TPSA) is 24.8 Å². The Balaban J connectivity index is 1.65. The number of ether oxygens (including phenoxy) is 1. The van der Waals surface area contributed by atoms with E-state index in [1.54, 1.807) is 17.4 Å². The van der Waals surface area contributed by atoms with Gasteiger partial charge < -0.3 is 4.74 Å². The molecule has 27 heavy (non-hydrogen) atoms. The molecule has 0 radical (unpaired) electrons. The maximum atomic E-state index is 13.9. The van der Waals surface area contributed by atoms with Crippen LogP contribution in [-0.4, -0.2) is 10.7 Å². The Bertz CT molecular complexity index is 1060. The van der Waals surface area contributed by atoms with Gasteiger partial charge in [-0.15, -0.1) is 11.3 Å². The van der Waals surface area contributed by atoms with Gasteiger partial charge in [-0.1, -0.05) is 33.6 Å². The minimum atomic E-state index is -0.579. The second-order valence-corrected chi connectivity index (χ2v) is 8.71. The van der Waals surface area contributed by atoms with Gasteiger partial charge in [0.2, 0.25) is 6.23 Å². The molecule has 3 heterocycles. The number of rotatable bonds is 2. The van der Waals surface area contributed by atoms with Crippen molar-refractivity contribution in [2.45, 2.75) is 18.7 Å². The molecule has 136 valence electrons. The molecule has 0 spiro atoms. The van der Waals surface area contributed by atoms with E-state index in [0.717, 1.165) is 32.8 Å². The molecule has 0 unspecified atom stereocenters. The summed E-state index contributed by atoms with van der Waals surface area (Å²) in [6.07, 6.45) is 0.181. The lowest BCUT2D eigenvalue weighted by molar-refractivity contribution is -0.0191. The summed E-state index contributed by atoms with van der Waals surface area (Å²) in [6, 6.07) is 14.3. The van der Waals surface area contributed by atoms with Crippen molar-refractivity contribution in [3.05, 3.63) is 85.2 Å². The zero-order valence-electron chi connectivity index (χ0n) is 13.9. The molecular weight excluding hydrogens is 451 g/mol. The summed E-state index contributed by atoms with van der Waals surface area (Å²) in [5.74, 6) is 0.421. The molecule has 0 aliphatic carbocycles. The van der Waals surface area contributed by atoms with Crippen LogP contribution >= 0.6 is 38.9 Å². The second-order valence-electron chi connectivity index (χ2n) is 6.44. The van der Waals surface area contributed by atoms with Gasteiger partial charge in [0.1, 0.15) is 11.6 Å². The van der Waals surface area contributed by atoms with E-state index in [1.807, 2.05) is 28.6 Å². The first-order chi connectivity index (χ1) is 13.1. The fraction of sp³-hybridized carbons (Fsp3) is 0.150. The van der Waals surface area contributed by atoms with Crippen LogP contribution in [0.25, 0.3) is 0 Å². The summed E-state index contributed by atoms with van der Waals surface area (Å²) < 4.78 is 21.1. The summed E-state index contributed by atoms with van der Waals surface area (Å²) in [7, 11) is 0. The van der Waals surface area contributed by atoms with E-state index >= 15 is 0 Å². The SMILES string of the molecule is Fc1ccc(Cl)c([C@@H]2Oc3ccc(Br)cc3[C@@H]3CC(c4cccs4)=NN32)c1. The average molecular weight is 464 g/mol. The second kappa shape index (κ2) is 6.62. The number of hydrogen-bond donors (Lipinski definition) is 0. The molecule has 0 amide bonds. The Morgan fingerprint density at radius 1 is 1.19 bits per heavy atom. The fourth-order valence-corrected chi connectivity index (χ4v) is 4.87. The Morgan fingerprint density at radius 2 is 2.07 bits per heavy atom. The van der Waals surface area contributed by atoms with E-state index in [2.05, 4.69) is 28.1 Å². The van der Waals surface area contributed by atoms with E-state index < -0.39 is 6.23 Å². The lowest BCUT2D eigenvalue weighted by atomic mass is 9.97. The third-order valence-corrected chi connectivity index (χ3v) is 6.54. The third kappa shape index (κ3) is 2.96. The molecule has 0 fully saturated rings. The van der Waals surface area contributed by atoms with Gasteiger partial charge in [0.25, 0.3) is 0 Å². The maximum Gasteiger partial charge on any atom is 0.215 e. The van der Waals surface area contributed by atoms with E-state index in [0.29, 0.717) is 10.6 Å². The summed E-state index contributed by atoms with van der Waals surface area (Å²) in [5.41, 5.74) is 2.64. The molecule has 2 aliphatic heterocycles. The number of fused-ring (bicyclic) bond motifs is 3. The van der Waals surface area contributed by atoms with Crippen LogP contribution in [-0.2, 0) is 0 Å². The lowest BCUT2D eigenvalue weighted by Crippen LogP contribution is -2.34. The predicted molar refractivity (Wildman–Crippen MR) is 109 cm³/mol. The molecule has 1 aromatic heterocycles. The van der Waals surface area contributed by atoms with Crippen molar-refractivity contribution >= 4 is 44.6 Å². The number of halogens is 3. The molecule has 0 saturated heterocycles. The molecule has 7 heteroatoms. The molecule has 0 saturated carbocycles. The van der Waals surface area contributed by atoms with Crippen LogP contribution in [0, 0.1) is 5.82 Å². The van der Waals surface area contributed by atoms with Crippen LogP contribution in [0.4, 0.5) is 4.39 Å². The Hall–Kier alpha value is -1.89. The quantitative estimate of drug-likeness (QED) is 0.431. The summed E-state index contributed by atoms with van der Waals surface area (Å²) in [6.45, 7) is 0. The van der Waals surface area contributed by atoms with Gasteiger partial charge in [0, 0.05) is 27.0 Å². The zero-order valence-corrected chi connectivity index (χ0v) is 17.1. The third-order valence-electron chi connectivity index (χ3n) is 4.78. The maximum absolute atomic E-state index is 13.9. The molecule has 0 bridgehead atoms. The van der Waals surface area contributed by atoms with Crippen molar-refractivity contribution in [2.24, 2.45) is 5.10 Å². The zero-order chi connectivity index (χ0) is 18.5. The Morgan fingerprint density at radius 3 is 2.89 bits per heavy atom. The monoisotopic (exact) mass is 462 g/mol. The van der Waals surface area contributed by atoms with E-state index in [-0.39, 0.29) is 11.9 Å².